The third-order valence-electron chi connectivity index (χ3n) is 6.39. The molecule has 1 aliphatic carbocycles. The van der Waals surface area contributed by atoms with Gasteiger partial charge in [-0.1, -0.05) is 54.6 Å². The number of thioether (sulfide) groups is 1. The standard InChI is InChI=1S/C27H25NO2S/c1-17-14-18(16-31-21-6-3-2-4-7-21)15-24-22-8-5-9-23(22)26(28-25(17)24)19-10-12-20(13-11-19)27(29)30/h2-8,10-15,22-23,26,28H,9,16H2,1H3,(H,29,30)/t22-,23-,26+/m0/s1. The Morgan fingerprint density at radius 1 is 1.10 bits per heavy atom. The molecule has 0 saturated carbocycles. The fourth-order valence-electron chi connectivity index (χ4n) is 4.89. The molecule has 1 aliphatic heterocycles. The summed E-state index contributed by atoms with van der Waals surface area (Å²) in [5.74, 6) is 0.908. The van der Waals surface area contributed by atoms with Gasteiger partial charge in [-0.05, 0) is 65.8 Å². The maximum Gasteiger partial charge on any atom is 0.335 e. The molecule has 0 unspecified atom stereocenters. The highest BCUT2D eigenvalue weighted by Crippen LogP contribution is 2.51. The van der Waals surface area contributed by atoms with Crippen LogP contribution in [0.2, 0.25) is 0 Å². The fraction of sp³-hybridized carbons (Fsp3) is 0.222. The summed E-state index contributed by atoms with van der Waals surface area (Å²) in [6, 6.07) is 22.7. The number of aromatic carboxylic acids is 1. The molecule has 0 radical (unpaired) electrons. The number of aryl methyl sites for hydroxylation is 1. The zero-order valence-corrected chi connectivity index (χ0v) is 18.2. The van der Waals surface area contributed by atoms with Gasteiger partial charge in [-0.2, -0.15) is 0 Å². The molecular formula is C27H25NO2S. The van der Waals surface area contributed by atoms with Gasteiger partial charge in [-0.3, -0.25) is 0 Å². The SMILES string of the molecule is Cc1cc(CSc2ccccc2)cc2c1N[C@H](c1ccc(C(=O)O)cc1)[C@H]1CC=C[C@H]21. The van der Waals surface area contributed by atoms with E-state index in [0.717, 1.165) is 17.7 Å². The minimum atomic E-state index is -0.884. The Morgan fingerprint density at radius 2 is 1.87 bits per heavy atom. The molecule has 5 rings (SSSR count). The van der Waals surface area contributed by atoms with Crippen molar-refractivity contribution in [3.63, 3.8) is 0 Å². The van der Waals surface area contributed by atoms with Crippen molar-refractivity contribution in [3.05, 3.63) is 107 Å². The van der Waals surface area contributed by atoms with Crippen LogP contribution in [-0.2, 0) is 5.75 Å². The van der Waals surface area contributed by atoms with E-state index in [1.807, 2.05) is 23.9 Å². The summed E-state index contributed by atoms with van der Waals surface area (Å²) in [7, 11) is 0. The van der Waals surface area contributed by atoms with Crippen molar-refractivity contribution in [3.8, 4) is 0 Å². The van der Waals surface area contributed by atoms with Crippen molar-refractivity contribution in [2.24, 2.45) is 5.92 Å². The molecule has 3 aromatic carbocycles. The molecule has 0 aromatic heterocycles. The summed E-state index contributed by atoms with van der Waals surface area (Å²) in [6.45, 7) is 2.19. The molecule has 3 nitrogen and oxygen atoms in total. The Bertz CT molecular complexity index is 1140. The first-order chi connectivity index (χ1) is 15.1. The molecule has 1 heterocycles. The van der Waals surface area contributed by atoms with Crippen LogP contribution in [0.5, 0.6) is 0 Å². The van der Waals surface area contributed by atoms with E-state index in [4.69, 9.17) is 0 Å². The van der Waals surface area contributed by atoms with Crippen molar-refractivity contribution >= 4 is 23.4 Å². The number of allylic oxidation sites excluding steroid dienone is 2. The molecule has 156 valence electrons. The highest BCUT2D eigenvalue weighted by molar-refractivity contribution is 7.98. The number of benzene rings is 3. The van der Waals surface area contributed by atoms with E-state index in [0.29, 0.717) is 17.4 Å². The molecule has 0 saturated heterocycles. The third-order valence-corrected chi connectivity index (χ3v) is 7.47. The van der Waals surface area contributed by atoms with Crippen LogP contribution in [0.1, 0.15) is 51.0 Å². The zero-order chi connectivity index (χ0) is 21.4. The highest BCUT2D eigenvalue weighted by Gasteiger charge is 2.38. The average molecular weight is 428 g/mol. The third kappa shape index (κ3) is 3.88. The lowest BCUT2D eigenvalue weighted by Crippen LogP contribution is -2.29. The van der Waals surface area contributed by atoms with E-state index in [1.54, 1.807) is 12.1 Å². The van der Waals surface area contributed by atoms with E-state index in [1.165, 1.54) is 27.3 Å². The van der Waals surface area contributed by atoms with E-state index >= 15 is 0 Å². The van der Waals surface area contributed by atoms with E-state index in [9.17, 15) is 9.90 Å². The van der Waals surface area contributed by atoms with Crippen molar-refractivity contribution in [1.82, 2.24) is 0 Å². The van der Waals surface area contributed by atoms with Gasteiger partial charge in [0.05, 0.1) is 11.6 Å². The lowest BCUT2D eigenvalue weighted by Gasteiger charge is -2.38. The Balaban J connectivity index is 1.44. The first kappa shape index (κ1) is 20.0. The molecule has 3 aromatic rings. The minimum absolute atomic E-state index is 0.179. The molecule has 0 fully saturated rings. The Hall–Kier alpha value is -2.98. The summed E-state index contributed by atoms with van der Waals surface area (Å²) in [5, 5.41) is 13.0. The van der Waals surface area contributed by atoms with Crippen molar-refractivity contribution < 1.29 is 9.90 Å². The summed E-state index contributed by atoms with van der Waals surface area (Å²) in [5.41, 5.74) is 6.73. The summed E-state index contributed by atoms with van der Waals surface area (Å²) >= 11 is 1.87. The van der Waals surface area contributed by atoms with Crippen LogP contribution < -0.4 is 5.32 Å². The van der Waals surface area contributed by atoms with Crippen molar-refractivity contribution in [2.45, 2.75) is 36.0 Å². The number of fused-ring (bicyclic) bond motifs is 3. The number of nitrogens with one attached hydrogen (secondary N) is 1. The van der Waals surface area contributed by atoms with Crippen LogP contribution >= 0.6 is 11.8 Å². The zero-order valence-electron chi connectivity index (χ0n) is 17.4. The normalized spacial score (nSPS) is 21.3. The number of anilines is 1. The lowest BCUT2D eigenvalue weighted by molar-refractivity contribution is 0.0697. The van der Waals surface area contributed by atoms with Gasteiger partial charge in [0.15, 0.2) is 0 Å². The lowest BCUT2D eigenvalue weighted by atomic mass is 9.76. The molecule has 0 amide bonds. The van der Waals surface area contributed by atoms with Gasteiger partial charge in [0.2, 0.25) is 0 Å². The minimum Gasteiger partial charge on any atom is -0.478 e. The van der Waals surface area contributed by atoms with Crippen LogP contribution in [-0.4, -0.2) is 11.1 Å². The van der Waals surface area contributed by atoms with Crippen LogP contribution in [0.3, 0.4) is 0 Å². The number of hydrogen-bond acceptors (Lipinski definition) is 3. The van der Waals surface area contributed by atoms with Gasteiger partial charge in [0, 0.05) is 22.3 Å². The number of carboxylic acids is 1. The predicted molar refractivity (Wildman–Crippen MR) is 127 cm³/mol. The van der Waals surface area contributed by atoms with Gasteiger partial charge >= 0.3 is 5.97 Å². The summed E-state index contributed by atoms with van der Waals surface area (Å²) in [6.07, 6.45) is 5.69. The molecule has 2 N–H and O–H groups in total. The maximum atomic E-state index is 11.2. The second-order valence-corrected chi connectivity index (χ2v) is 9.43. The molecule has 3 atom stereocenters. The van der Waals surface area contributed by atoms with Crippen molar-refractivity contribution in [2.75, 3.05) is 5.32 Å². The van der Waals surface area contributed by atoms with Gasteiger partial charge in [0.1, 0.15) is 0 Å². The quantitative estimate of drug-likeness (QED) is 0.347. The second-order valence-electron chi connectivity index (χ2n) is 8.38. The van der Waals surface area contributed by atoms with Crippen molar-refractivity contribution in [1.29, 1.82) is 0 Å². The number of carboxylic acid groups (broad SMARTS) is 1. The Labute approximate surface area is 187 Å². The molecule has 0 spiro atoms. The summed E-state index contributed by atoms with van der Waals surface area (Å²) < 4.78 is 0. The Morgan fingerprint density at radius 3 is 2.61 bits per heavy atom. The molecule has 4 heteroatoms. The van der Waals surface area contributed by atoms with E-state index in [2.05, 4.69) is 66.9 Å². The van der Waals surface area contributed by atoms with Crippen LogP contribution in [0.15, 0.2) is 83.8 Å². The predicted octanol–water partition coefficient (Wildman–Crippen LogP) is 6.81. The smallest absolute Gasteiger partial charge is 0.335 e. The van der Waals surface area contributed by atoms with E-state index in [-0.39, 0.29) is 6.04 Å². The largest absolute Gasteiger partial charge is 0.478 e. The fourth-order valence-corrected chi connectivity index (χ4v) is 5.74. The molecule has 2 aliphatic rings. The van der Waals surface area contributed by atoms with Crippen LogP contribution in [0.4, 0.5) is 5.69 Å². The maximum absolute atomic E-state index is 11.2. The van der Waals surface area contributed by atoms with Gasteiger partial charge in [-0.15, -0.1) is 11.8 Å². The van der Waals surface area contributed by atoms with E-state index < -0.39 is 5.97 Å². The average Bonchev–Trinajstić information content (AvgIpc) is 3.28. The molecular weight excluding hydrogens is 402 g/mol. The second kappa shape index (κ2) is 8.27. The van der Waals surface area contributed by atoms with Crippen LogP contribution in [0.25, 0.3) is 0 Å². The molecule has 31 heavy (non-hydrogen) atoms. The number of carbonyl (C=O) groups is 1. The van der Waals surface area contributed by atoms with Crippen LogP contribution in [0, 0.1) is 12.8 Å². The topological polar surface area (TPSA) is 49.3 Å². The van der Waals surface area contributed by atoms with Gasteiger partial charge < -0.3 is 10.4 Å². The Kier molecular flexibility index (Phi) is 5.33. The van der Waals surface area contributed by atoms with Gasteiger partial charge in [-0.25, -0.2) is 4.79 Å². The van der Waals surface area contributed by atoms with Gasteiger partial charge in [0.25, 0.3) is 0 Å². The highest BCUT2D eigenvalue weighted by atomic mass is 32.2. The first-order valence-corrected chi connectivity index (χ1v) is 11.7. The molecule has 0 bridgehead atoms. The monoisotopic (exact) mass is 427 g/mol. The number of rotatable bonds is 5. The number of hydrogen-bond donors (Lipinski definition) is 2. The first-order valence-electron chi connectivity index (χ1n) is 10.7. The summed E-state index contributed by atoms with van der Waals surface area (Å²) in [4.78, 5) is 12.5.